The van der Waals surface area contributed by atoms with Crippen molar-refractivity contribution in [3.8, 4) is 5.75 Å². The van der Waals surface area contributed by atoms with Crippen LogP contribution in [0.5, 0.6) is 5.75 Å². The molecule has 0 radical (unpaired) electrons. The molecule has 0 bridgehead atoms. The standard InChI is InChI=1S/C15H13ClFNO/c1-9-6-13-14(7-12(9)16)19-15(8-18-13)10-2-4-11(17)5-3-10/h2-7,15,18H,8H2,1H3. The summed E-state index contributed by atoms with van der Waals surface area (Å²) in [6, 6.07) is 10.1. The minimum absolute atomic E-state index is 0.133. The molecule has 0 saturated heterocycles. The lowest BCUT2D eigenvalue weighted by molar-refractivity contribution is 0.210. The molecule has 0 aliphatic carbocycles. The van der Waals surface area contributed by atoms with Gasteiger partial charge in [0.15, 0.2) is 0 Å². The highest BCUT2D eigenvalue weighted by Gasteiger charge is 2.21. The molecule has 2 aromatic rings. The van der Waals surface area contributed by atoms with Gasteiger partial charge in [0.1, 0.15) is 17.7 Å². The molecule has 1 heterocycles. The first kappa shape index (κ1) is 12.3. The van der Waals surface area contributed by atoms with Crippen LogP contribution < -0.4 is 10.1 Å². The Morgan fingerprint density at radius 1 is 1.26 bits per heavy atom. The van der Waals surface area contributed by atoms with Gasteiger partial charge in [0.25, 0.3) is 0 Å². The fourth-order valence-corrected chi connectivity index (χ4v) is 2.31. The van der Waals surface area contributed by atoms with Crippen molar-refractivity contribution >= 4 is 17.3 Å². The third-order valence-electron chi connectivity index (χ3n) is 3.25. The van der Waals surface area contributed by atoms with Crippen LogP contribution in [0.2, 0.25) is 5.02 Å². The summed E-state index contributed by atoms with van der Waals surface area (Å²) >= 11 is 6.10. The molecule has 1 unspecified atom stereocenters. The van der Waals surface area contributed by atoms with Gasteiger partial charge in [-0.3, -0.25) is 0 Å². The normalized spacial score (nSPS) is 17.3. The van der Waals surface area contributed by atoms with Crippen LogP contribution in [0.25, 0.3) is 0 Å². The number of aryl methyl sites for hydroxylation is 1. The number of anilines is 1. The van der Waals surface area contributed by atoms with Gasteiger partial charge in [-0.1, -0.05) is 23.7 Å². The first-order valence-corrected chi connectivity index (χ1v) is 6.47. The SMILES string of the molecule is Cc1cc2c(cc1Cl)OC(c1ccc(F)cc1)CN2. The van der Waals surface area contributed by atoms with Gasteiger partial charge in [0, 0.05) is 11.1 Å². The zero-order chi connectivity index (χ0) is 13.4. The highest BCUT2D eigenvalue weighted by molar-refractivity contribution is 6.31. The number of fused-ring (bicyclic) bond motifs is 1. The molecule has 0 amide bonds. The van der Waals surface area contributed by atoms with E-state index in [4.69, 9.17) is 16.3 Å². The van der Waals surface area contributed by atoms with Gasteiger partial charge < -0.3 is 10.1 Å². The van der Waals surface area contributed by atoms with Crippen molar-refractivity contribution in [1.82, 2.24) is 0 Å². The van der Waals surface area contributed by atoms with Crippen LogP contribution in [0.15, 0.2) is 36.4 Å². The number of benzene rings is 2. The predicted molar refractivity (Wildman–Crippen MR) is 74.4 cm³/mol. The van der Waals surface area contributed by atoms with E-state index in [1.165, 1.54) is 12.1 Å². The zero-order valence-electron chi connectivity index (χ0n) is 10.4. The van der Waals surface area contributed by atoms with Crippen LogP contribution in [0.4, 0.5) is 10.1 Å². The summed E-state index contributed by atoms with van der Waals surface area (Å²) in [5.41, 5.74) is 2.90. The summed E-state index contributed by atoms with van der Waals surface area (Å²) in [7, 11) is 0. The Balaban J connectivity index is 1.89. The molecule has 1 aliphatic rings. The second-order valence-corrected chi connectivity index (χ2v) is 5.04. The summed E-state index contributed by atoms with van der Waals surface area (Å²) in [5, 5.41) is 4.00. The summed E-state index contributed by atoms with van der Waals surface area (Å²) in [6.45, 7) is 2.61. The molecule has 2 aromatic carbocycles. The molecule has 4 heteroatoms. The number of hydrogen-bond donors (Lipinski definition) is 1. The lowest BCUT2D eigenvalue weighted by atomic mass is 10.1. The number of halogens is 2. The minimum atomic E-state index is -0.244. The summed E-state index contributed by atoms with van der Waals surface area (Å²) in [5.74, 6) is 0.489. The van der Waals surface area contributed by atoms with Crippen LogP contribution in [0, 0.1) is 12.7 Å². The maximum Gasteiger partial charge on any atom is 0.144 e. The molecule has 1 N–H and O–H groups in total. The Morgan fingerprint density at radius 2 is 2.00 bits per heavy atom. The summed E-state index contributed by atoms with van der Waals surface area (Å²) in [4.78, 5) is 0. The fraction of sp³-hybridized carbons (Fsp3) is 0.200. The van der Waals surface area contributed by atoms with Gasteiger partial charge in [0.05, 0.1) is 12.2 Å². The predicted octanol–water partition coefficient (Wildman–Crippen LogP) is 4.33. The second kappa shape index (κ2) is 4.74. The van der Waals surface area contributed by atoms with Gasteiger partial charge in [0.2, 0.25) is 0 Å². The number of rotatable bonds is 1. The van der Waals surface area contributed by atoms with E-state index in [-0.39, 0.29) is 11.9 Å². The van der Waals surface area contributed by atoms with Crippen molar-refractivity contribution in [2.24, 2.45) is 0 Å². The topological polar surface area (TPSA) is 21.3 Å². The number of nitrogens with one attached hydrogen (secondary N) is 1. The highest BCUT2D eigenvalue weighted by Crippen LogP contribution is 2.37. The molecule has 0 spiro atoms. The van der Waals surface area contributed by atoms with E-state index in [9.17, 15) is 4.39 Å². The van der Waals surface area contributed by atoms with Gasteiger partial charge in [-0.15, -0.1) is 0 Å². The van der Waals surface area contributed by atoms with Crippen molar-refractivity contribution < 1.29 is 9.13 Å². The van der Waals surface area contributed by atoms with E-state index in [0.29, 0.717) is 11.6 Å². The smallest absolute Gasteiger partial charge is 0.144 e. The van der Waals surface area contributed by atoms with Crippen LogP contribution >= 0.6 is 11.6 Å². The minimum Gasteiger partial charge on any atom is -0.482 e. The lowest BCUT2D eigenvalue weighted by Crippen LogP contribution is -2.23. The van der Waals surface area contributed by atoms with Gasteiger partial charge >= 0.3 is 0 Å². The molecule has 2 nitrogen and oxygen atoms in total. The molecule has 0 aromatic heterocycles. The number of ether oxygens (including phenoxy) is 1. The van der Waals surface area contributed by atoms with E-state index in [0.717, 1.165) is 22.6 Å². The van der Waals surface area contributed by atoms with Crippen LogP contribution in [-0.4, -0.2) is 6.54 Å². The van der Waals surface area contributed by atoms with Gasteiger partial charge in [-0.05, 0) is 36.2 Å². The van der Waals surface area contributed by atoms with Crippen LogP contribution in [-0.2, 0) is 0 Å². The Labute approximate surface area is 116 Å². The first-order chi connectivity index (χ1) is 9.13. The van der Waals surface area contributed by atoms with Crippen molar-refractivity contribution in [1.29, 1.82) is 0 Å². The Hall–Kier alpha value is -1.74. The summed E-state index contributed by atoms with van der Waals surface area (Å²) in [6.07, 6.45) is -0.133. The molecule has 1 atom stereocenters. The summed E-state index contributed by atoms with van der Waals surface area (Å²) < 4.78 is 18.8. The number of hydrogen-bond acceptors (Lipinski definition) is 2. The molecule has 1 aliphatic heterocycles. The molecule has 3 rings (SSSR count). The Kier molecular flexibility index (Phi) is 3.07. The van der Waals surface area contributed by atoms with Crippen molar-refractivity contribution in [2.75, 3.05) is 11.9 Å². The Bertz CT molecular complexity index is 612. The maximum absolute atomic E-state index is 12.9. The average molecular weight is 278 g/mol. The van der Waals surface area contributed by atoms with E-state index >= 15 is 0 Å². The lowest BCUT2D eigenvalue weighted by Gasteiger charge is -2.28. The highest BCUT2D eigenvalue weighted by atomic mass is 35.5. The van der Waals surface area contributed by atoms with E-state index in [1.807, 2.05) is 19.1 Å². The largest absolute Gasteiger partial charge is 0.482 e. The van der Waals surface area contributed by atoms with Crippen molar-refractivity contribution in [2.45, 2.75) is 13.0 Å². The average Bonchev–Trinajstić information content (AvgIpc) is 2.40. The van der Waals surface area contributed by atoms with Gasteiger partial charge in [-0.25, -0.2) is 4.39 Å². The van der Waals surface area contributed by atoms with E-state index in [2.05, 4.69) is 5.32 Å². The maximum atomic E-state index is 12.9. The molecule has 0 saturated carbocycles. The monoisotopic (exact) mass is 277 g/mol. The molecular formula is C15H13ClFNO. The molecule has 0 fully saturated rings. The third-order valence-corrected chi connectivity index (χ3v) is 3.66. The molecule has 98 valence electrons. The van der Waals surface area contributed by atoms with Crippen LogP contribution in [0.3, 0.4) is 0 Å². The quantitative estimate of drug-likeness (QED) is 0.837. The van der Waals surface area contributed by atoms with E-state index in [1.54, 1.807) is 12.1 Å². The van der Waals surface area contributed by atoms with Crippen LogP contribution in [0.1, 0.15) is 17.2 Å². The second-order valence-electron chi connectivity index (χ2n) is 4.64. The third kappa shape index (κ3) is 2.38. The molecule has 19 heavy (non-hydrogen) atoms. The zero-order valence-corrected chi connectivity index (χ0v) is 11.2. The molecular weight excluding hydrogens is 265 g/mol. The van der Waals surface area contributed by atoms with Crippen molar-refractivity contribution in [3.05, 3.63) is 58.4 Å². The first-order valence-electron chi connectivity index (χ1n) is 6.09. The van der Waals surface area contributed by atoms with Gasteiger partial charge in [-0.2, -0.15) is 0 Å². The Morgan fingerprint density at radius 3 is 2.74 bits per heavy atom. The van der Waals surface area contributed by atoms with E-state index < -0.39 is 0 Å². The van der Waals surface area contributed by atoms with Crippen molar-refractivity contribution in [3.63, 3.8) is 0 Å². The fourth-order valence-electron chi connectivity index (χ4n) is 2.16.